The first-order valence-corrected chi connectivity index (χ1v) is 14.9. The number of esters is 1. The van der Waals surface area contributed by atoms with Crippen LogP contribution < -0.4 is 5.56 Å². The Balaban J connectivity index is 1.86. The van der Waals surface area contributed by atoms with Gasteiger partial charge < -0.3 is 9.84 Å². The van der Waals surface area contributed by atoms with Crippen LogP contribution in [-0.2, 0) is 21.0 Å². The molecule has 0 aliphatic heterocycles. The average molecular weight is 587 g/mol. The molecule has 1 unspecified atom stereocenters. The van der Waals surface area contributed by atoms with Crippen molar-refractivity contribution in [1.29, 1.82) is 5.26 Å². The molecule has 0 aliphatic carbocycles. The van der Waals surface area contributed by atoms with Crippen LogP contribution in [-0.4, -0.2) is 41.1 Å². The minimum atomic E-state index is -4.63. The maximum absolute atomic E-state index is 14.0. The van der Waals surface area contributed by atoms with E-state index in [-0.39, 0.29) is 11.4 Å². The predicted molar refractivity (Wildman–Crippen MR) is 155 cm³/mol. The van der Waals surface area contributed by atoms with Crippen molar-refractivity contribution in [2.75, 3.05) is 7.11 Å². The van der Waals surface area contributed by atoms with E-state index in [9.17, 15) is 28.4 Å². The number of sulfone groups is 1. The molecule has 0 saturated heterocycles. The molecule has 0 amide bonds. The smallest absolute Gasteiger partial charge is 0.338 e. The number of nitrogens with zero attached hydrogens (tertiary/aromatic N) is 4. The van der Waals surface area contributed by atoms with Gasteiger partial charge in [0, 0.05) is 18.2 Å². The van der Waals surface area contributed by atoms with Gasteiger partial charge in [-0.05, 0) is 54.3 Å². The van der Waals surface area contributed by atoms with Gasteiger partial charge in [0.15, 0.2) is 5.03 Å². The fourth-order valence-corrected chi connectivity index (χ4v) is 6.09. The summed E-state index contributed by atoms with van der Waals surface area (Å²) in [7, 11) is -3.37. The highest BCUT2D eigenvalue weighted by atomic mass is 32.2. The van der Waals surface area contributed by atoms with Gasteiger partial charge in [0.05, 0.1) is 30.3 Å². The summed E-state index contributed by atoms with van der Waals surface area (Å²) < 4.78 is 33.7. The van der Waals surface area contributed by atoms with E-state index in [0.29, 0.717) is 41.5 Å². The number of carbonyl (C=O) groups excluding carboxylic acids is 1. The lowest BCUT2D eigenvalue weighted by Crippen LogP contribution is -2.33. The van der Waals surface area contributed by atoms with Crippen LogP contribution in [0, 0.1) is 11.3 Å². The van der Waals surface area contributed by atoms with Crippen molar-refractivity contribution in [2.24, 2.45) is 0 Å². The molecule has 0 saturated carbocycles. The van der Waals surface area contributed by atoms with E-state index < -0.39 is 43.2 Å². The Kier molecular flexibility index (Phi) is 9.18. The number of aromatic nitrogens is 3. The van der Waals surface area contributed by atoms with Crippen molar-refractivity contribution in [3.05, 3.63) is 99.7 Å². The number of rotatable bonds is 10. The summed E-state index contributed by atoms with van der Waals surface area (Å²) >= 11 is 0. The molecule has 0 spiro atoms. The summed E-state index contributed by atoms with van der Waals surface area (Å²) in [5, 5.41) is 19.8. The molecule has 0 fully saturated rings. The first-order chi connectivity index (χ1) is 20.2. The predicted octanol–water partition coefficient (Wildman–Crippen LogP) is 4.84. The topological polar surface area (TPSA) is 152 Å². The number of aromatic hydroxyl groups is 1. The fourth-order valence-electron chi connectivity index (χ4n) is 4.83. The molecule has 2 aromatic heterocycles. The minimum Gasteiger partial charge on any atom is -0.492 e. The first-order valence-electron chi connectivity index (χ1n) is 13.4. The zero-order valence-corrected chi connectivity index (χ0v) is 24.3. The standard InChI is InChI=1S/C31H30N4O6S/c1-4-6-14-26-34-29(36)28(30(37)35(26)25(5-2)21-11-9-10-20(17-21)18-32)42(39,40)27-16-15-22(19-33-27)23-12-7-8-13-24(23)31(38)41-3/h7-13,15-17,19,25,36H,4-6,14H2,1-3H3. The van der Waals surface area contributed by atoms with Gasteiger partial charge in [-0.1, -0.05) is 50.6 Å². The van der Waals surface area contributed by atoms with Crippen molar-refractivity contribution in [2.45, 2.75) is 55.5 Å². The number of hydrogen-bond donors (Lipinski definition) is 1. The molecule has 4 aromatic rings. The summed E-state index contributed by atoms with van der Waals surface area (Å²) in [5.41, 5.74) is 1.32. The minimum absolute atomic E-state index is 0.246. The second-order valence-electron chi connectivity index (χ2n) is 9.55. The van der Waals surface area contributed by atoms with Gasteiger partial charge in [-0.3, -0.25) is 9.36 Å². The first kappa shape index (κ1) is 30.1. The van der Waals surface area contributed by atoms with Gasteiger partial charge in [0.1, 0.15) is 5.82 Å². The molecule has 0 radical (unpaired) electrons. The van der Waals surface area contributed by atoms with Gasteiger partial charge in [-0.2, -0.15) is 10.2 Å². The lowest BCUT2D eigenvalue weighted by Gasteiger charge is -2.23. The highest BCUT2D eigenvalue weighted by molar-refractivity contribution is 7.91. The quantitative estimate of drug-likeness (QED) is 0.257. The van der Waals surface area contributed by atoms with Crippen LogP contribution in [0.25, 0.3) is 11.1 Å². The van der Waals surface area contributed by atoms with E-state index in [0.717, 1.165) is 6.42 Å². The number of pyridine rings is 1. The molecule has 1 N–H and O–H groups in total. The summed E-state index contributed by atoms with van der Waals surface area (Å²) in [6, 6.07) is 17.5. The summed E-state index contributed by atoms with van der Waals surface area (Å²) in [6.07, 6.45) is 3.44. The molecule has 42 heavy (non-hydrogen) atoms. The molecule has 2 aromatic carbocycles. The highest BCUT2D eigenvalue weighted by Crippen LogP contribution is 2.30. The number of hydrogen-bond acceptors (Lipinski definition) is 9. The van der Waals surface area contributed by atoms with Crippen LogP contribution >= 0.6 is 0 Å². The van der Waals surface area contributed by atoms with Crippen LogP contribution in [0.15, 0.2) is 81.6 Å². The molecule has 11 heteroatoms. The highest BCUT2D eigenvalue weighted by Gasteiger charge is 2.32. The van der Waals surface area contributed by atoms with Crippen LogP contribution in [0.5, 0.6) is 5.88 Å². The van der Waals surface area contributed by atoms with Crippen LogP contribution in [0.1, 0.15) is 66.5 Å². The van der Waals surface area contributed by atoms with Crippen molar-refractivity contribution in [1.82, 2.24) is 14.5 Å². The number of nitriles is 1. The molecule has 10 nitrogen and oxygen atoms in total. The molecular formula is C31H30N4O6S. The Morgan fingerprint density at radius 2 is 1.88 bits per heavy atom. The Morgan fingerprint density at radius 1 is 1.12 bits per heavy atom. The van der Waals surface area contributed by atoms with Crippen molar-refractivity contribution in [3.8, 4) is 23.1 Å². The zero-order chi connectivity index (χ0) is 30.4. The third kappa shape index (κ3) is 5.80. The van der Waals surface area contributed by atoms with Crippen molar-refractivity contribution >= 4 is 15.8 Å². The normalized spacial score (nSPS) is 12.0. The van der Waals surface area contributed by atoms with Crippen molar-refractivity contribution in [3.63, 3.8) is 0 Å². The van der Waals surface area contributed by atoms with Crippen LogP contribution in [0.3, 0.4) is 0 Å². The second-order valence-corrected chi connectivity index (χ2v) is 11.4. The number of methoxy groups -OCH3 is 1. The second kappa shape index (κ2) is 12.8. The van der Waals surface area contributed by atoms with Gasteiger partial charge >= 0.3 is 5.97 Å². The van der Waals surface area contributed by atoms with Gasteiger partial charge in [0.25, 0.3) is 5.56 Å². The average Bonchev–Trinajstić information content (AvgIpc) is 3.01. The molecule has 4 rings (SSSR count). The van der Waals surface area contributed by atoms with Gasteiger partial charge in [-0.15, -0.1) is 0 Å². The third-order valence-corrected chi connectivity index (χ3v) is 8.59. The summed E-state index contributed by atoms with van der Waals surface area (Å²) in [4.78, 5) is 33.6. The maximum atomic E-state index is 14.0. The number of carbonyl (C=O) groups is 1. The lowest BCUT2D eigenvalue weighted by atomic mass is 10.0. The van der Waals surface area contributed by atoms with Gasteiger partial charge in [0.2, 0.25) is 20.6 Å². The number of unbranched alkanes of at least 4 members (excludes halogenated alkanes) is 1. The monoisotopic (exact) mass is 586 g/mol. The van der Waals surface area contributed by atoms with Crippen molar-refractivity contribution < 1.29 is 23.1 Å². The lowest BCUT2D eigenvalue weighted by molar-refractivity contribution is 0.0601. The van der Waals surface area contributed by atoms with E-state index >= 15 is 0 Å². The van der Waals surface area contributed by atoms with E-state index in [1.807, 2.05) is 13.8 Å². The molecule has 1 atom stereocenters. The third-order valence-electron chi connectivity index (χ3n) is 6.91. The largest absolute Gasteiger partial charge is 0.492 e. The Morgan fingerprint density at radius 3 is 2.52 bits per heavy atom. The SMILES string of the molecule is CCCCc1nc(O)c(S(=O)(=O)c2ccc(-c3ccccc3C(=O)OC)cn2)c(=O)n1C(CC)c1cccc(C#N)c1. The molecular weight excluding hydrogens is 556 g/mol. The molecule has 2 heterocycles. The summed E-state index contributed by atoms with van der Waals surface area (Å²) in [6.45, 7) is 3.81. The van der Waals surface area contributed by atoms with E-state index in [2.05, 4.69) is 16.0 Å². The number of ether oxygens (including phenoxy) is 1. The number of benzene rings is 2. The Labute approximate surface area is 243 Å². The van der Waals surface area contributed by atoms with E-state index in [1.54, 1.807) is 48.5 Å². The number of aryl methyl sites for hydroxylation is 1. The van der Waals surface area contributed by atoms with E-state index in [1.165, 1.54) is 30.0 Å². The Bertz CT molecular complexity index is 1830. The molecule has 216 valence electrons. The Hall–Kier alpha value is -4.82. The van der Waals surface area contributed by atoms with Crippen LogP contribution in [0.2, 0.25) is 0 Å². The summed E-state index contributed by atoms with van der Waals surface area (Å²) in [5.74, 6) is -1.21. The fraction of sp³-hybridized carbons (Fsp3) is 0.258. The van der Waals surface area contributed by atoms with E-state index in [4.69, 9.17) is 4.74 Å². The van der Waals surface area contributed by atoms with Crippen LogP contribution in [0.4, 0.5) is 0 Å². The zero-order valence-electron chi connectivity index (χ0n) is 23.4. The molecule has 0 aliphatic rings. The molecule has 0 bridgehead atoms. The maximum Gasteiger partial charge on any atom is 0.338 e. The van der Waals surface area contributed by atoms with Gasteiger partial charge in [-0.25, -0.2) is 18.2 Å².